The largest absolute Gasteiger partial charge is 0.387 e. The zero-order chi connectivity index (χ0) is 26.4. The number of nitrogens with one attached hydrogen (secondary N) is 2. The first kappa shape index (κ1) is 26.0. The van der Waals surface area contributed by atoms with Gasteiger partial charge in [0.25, 0.3) is 0 Å². The zero-order valence-electron chi connectivity index (χ0n) is 20.9. The van der Waals surface area contributed by atoms with Crippen LogP contribution in [0.25, 0.3) is 11.0 Å². The molecule has 5 atom stereocenters. The van der Waals surface area contributed by atoms with E-state index in [0.29, 0.717) is 17.5 Å². The summed E-state index contributed by atoms with van der Waals surface area (Å²) in [6, 6.07) is 7.95. The summed E-state index contributed by atoms with van der Waals surface area (Å²) >= 11 is 6.24. The maximum Gasteiger partial charge on any atom is 0.319 e. The average molecular weight is 564 g/mol. The lowest BCUT2D eigenvalue weighted by Gasteiger charge is -2.28. The monoisotopic (exact) mass is 563 g/mol. The van der Waals surface area contributed by atoms with Crippen LogP contribution in [0.3, 0.4) is 0 Å². The number of nitrogens with zero attached hydrogens (tertiary/aromatic N) is 3. The first-order valence-electron chi connectivity index (χ1n) is 12.8. The molecule has 4 heterocycles. The molecule has 6 rings (SSSR count). The van der Waals surface area contributed by atoms with Crippen LogP contribution >= 0.6 is 19.1 Å². The van der Waals surface area contributed by atoms with Gasteiger partial charge in [-0.15, -0.1) is 0 Å². The third-order valence-corrected chi connectivity index (χ3v) is 9.27. The smallest absolute Gasteiger partial charge is 0.319 e. The van der Waals surface area contributed by atoms with Crippen molar-refractivity contribution in [2.24, 2.45) is 0 Å². The number of ether oxygens (including phenoxy) is 2. The Hall–Kier alpha value is -2.24. The Morgan fingerprint density at radius 1 is 1.24 bits per heavy atom. The number of benzene rings is 1. The van der Waals surface area contributed by atoms with E-state index in [4.69, 9.17) is 25.6 Å². The SMILES string of the molecule is Cc1cccc2c1NP(=O)(COC[C@H]1O[C@@H](n3ccc4c(NC5CCCC5)nc(Cl)nc43)[C@H](O)[C@@H]1O)OC2. The van der Waals surface area contributed by atoms with Crippen molar-refractivity contribution in [3.05, 3.63) is 46.9 Å². The molecule has 1 unspecified atom stereocenters. The standard InChI is InChI=1S/C25H31ClN5O6P/c1-14-5-4-6-15-11-36-38(34,30-19(14)15)13-35-12-18-20(32)21(33)24(37-18)31-10-9-17-22(27-16-7-2-3-8-16)28-25(26)29-23(17)31/h4-6,9-10,16,18,20-21,24,32-33H,2-3,7-8,11-13H2,1H3,(H,30,34)(H,27,28,29)/t18-,20-,21-,24-,38?/m1/s1. The molecule has 38 heavy (non-hydrogen) atoms. The highest BCUT2D eigenvalue weighted by molar-refractivity contribution is 7.60. The molecule has 2 aromatic heterocycles. The maximum atomic E-state index is 13.2. The molecule has 4 N–H and O–H groups in total. The Labute approximate surface area is 225 Å². The summed E-state index contributed by atoms with van der Waals surface area (Å²) in [6.07, 6.45) is 1.77. The molecule has 3 aromatic rings. The molecule has 3 aliphatic rings. The molecule has 1 aliphatic carbocycles. The van der Waals surface area contributed by atoms with Crippen LogP contribution in [0.1, 0.15) is 43.0 Å². The average Bonchev–Trinajstić information content (AvgIpc) is 3.61. The number of anilines is 2. The minimum absolute atomic E-state index is 0.0763. The highest BCUT2D eigenvalue weighted by Gasteiger charge is 2.44. The van der Waals surface area contributed by atoms with Gasteiger partial charge in [-0.1, -0.05) is 31.0 Å². The summed E-state index contributed by atoms with van der Waals surface area (Å²) in [4.78, 5) is 8.75. The van der Waals surface area contributed by atoms with Gasteiger partial charge >= 0.3 is 7.52 Å². The topological polar surface area (TPSA) is 140 Å². The van der Waals surface area contributed by atoms with E-state index < -0.39 is 32.1 Å². The van der Waals surface area contributed by atoms with Crippen LogP contribution in [0.2, 0.25) is 5.28 Å². The van der Waals surface area contributed by atoms with Crippen LogP contribution in [0.5, 0.6) is 0 Å². The molecule has 13 heteroatoms. The molecule has 2 fully saturated rings. The molecule has 1 aromatic carbocycles. The second-order valence-electron chi connectivity index (χ2n) is 10.1. The Kier molecular flexibility index (Phi) is 7.11. The maximum absolute atomic E-state index is 13.2. The number of aliphatic hydroxyl groups excluding tert-OH is 2. The fourth-order valence-electron chi connectivity index (χ4n) is 5.43. The van der Waals surface area contributed by atoms with E-state index in [-0.39, 0.29) is 24.8 Å². The molecular formula is C25H31ClN5O6P. The fourth-order valence-corrected chi connectivity index (χ4v) is 7.15. The fraction of sp³-hybridized carbons (Fsp3) is 0.520. The molecule has 11 nitrogen and oxygen atoms in total. The third-order valence-electron chi connectivity index (χ3n) is 7.47. The lowest BCUT2D eigenvalue weighted by atomic mass is 10.1. The van der Waals surface area contributed by atoms with Crippen molar-refractivity contribution in [1.29, 1.82) is 0 Å². The quantitative estimate of drug-likeness (QED) is 0.244. The Morgan fingerprint density at radius 2 is 2.05 bits per heavy atom. The van der Waals surface area contributed by atoms with E-state index in [1.54, 1.807) is 10.8 Å². The molecular weight excluding hydrogens is 533 g/mol. The molecule has 204 valence electrons. The minimum Gasteiger partial charge on any atom is -0.387 e. The zero-order valence-corrected chi connectivity index (χ0v) is 22.6. The van der Waals surface area contributed by atoms with Crippen molar-refractivity contribution in [2.45, 2.75) is 69.8 Å². The Bertz CT molecular complexity index is 1380. The number of aromatic nitrogens is 3. The van der Waals surface area contributed by atoms with Gasteiger partial charge in [0, 0.05) is 23.5 Å². The number of rotatable bonds is 7. The molecule has 0 spiro atoms. The number of hydrogen-bond acceptors (Lipinski definition) is 9. The van der Waals surface area contributed by atoms with Crippen molar-refractivity contribution in [1.82, 2.24) is 14.5 Å². The van der Waals surface area contributed by atoms with Crippen LogP contribution in [0.15, 0.2) is 30.5 Å². The molecule has 2 aliphatic heterocycles. The highest BCUT2D eigenvalue weighted by Crippen LogP contribution is 2.52. The van der Waals surface area contributed by atoms with Crippen LogP contribution in [-0.2, 0) is 25.2 Å². The number of fused-ring (bicyclic) bond motifs is 2. The molecule has 0 radical (unpaired) electrons. The Morgan fingerprint density at radius 3 is 2.87 bits per heavy atom. The van der Waals surface area contributed by atoms with Crippen molar-refractivity contribution in [3.63, 3.8) is 0 Å². The molecule has 1 saturated carbocycles. The van der Waals surface area contributed by atoms with Crippen molar-refractivity contribution in [2.75, 3.05) is 23.4 Å². The van der Waals surface area contributed by atoms with Crippen molar-refractivity contribution < 1.29 is 28.8 Å². The predicted molar refractivity (Wildman–Crippen MR) is 142 cm³/mol. The van der Waals surface area contributed by atoms with Crippen LogP contribution in [0.4, 0.5) is 11.5 Å². The molecule has 0 bridgehead atoms. The number of para-hydroxylation sites is 1. The normalized spacial score (nSPS) is 29.5. The van der Waals surface area contributed by atoms with Gasteiger partial charge < -0.3 is 39.2 Å². The van der Waals surface area contributed by atoms with E-state index in [2.05, 4.69) is 20.4 Å². The van der Waals surface area contributed by atoms with Gasteiger partial charge in [-0.2, -0.15) is 4.98 Å². The number of aliphatic hydroxyl groups is 2. The second-order valence-corrected chi connectivity index (χ2v) is 12.6. The Balaban J connectivity index is 1.13. The summed E-state index contributed by atoms with van der Waals surface area (Å²) in [5.41, 5.74) is 3.18. The van der Waals surface area contributed by atoms with E-state index in [1.807, 2.05) is 31.2 Å². The predicted octanol–water partition coefficient (Wildman–Crippen LogP) is 4.18. The van der Waals surface area contributed by atoms with E-state index in [1.165, 1.54) is 12.8 Å². The number of halogens is 1. The lowest BCUT2D eigenvalue weighted by molar-refractivity contribution is -0.0607. The summed E-state index contributed by atoms with van der Waals surface area (Å²) in [7, 11) is -3.30. The van der Waals surface area contributed by atoms with Crippen LogP contribution in [-0.4, -0.2) is 62.1 Å². The van der Waals surface area contributed by atoms with Crippen molar-refractivity contribution >= 4 is 41.7 Å². The lowest BCUT2D eigenvalue weighted by Crippen LogP contribution is -2.34. The summed E-state index contributed by atoms with van der Waals surface area (Å²) < 4.78 is 32.1. The van der Waals surface area contributed by atoms with Gasteiger partial charge in [-0.05, 0) is 43.0 Å². The number of aryl methyl sites for hydroxylation is 1. The van der Waals surface area contributed by atoms with Gasteiger partial charge in [0.15, 0.2) is 6.23 Å². The van der Waals surface area contributed by atoms with Gasteiger partial charge in [0.1, 0.15) is 36.1 Å². The van der Waals surface area contributed by atoms with Crippen molar-refractivity contribution in [3.8, 4) is 0 Å². The summed E-state index contributed by atoms with van der Waals surface area (Å²) in [5, 5.41) is 28.8. The van der Waals surface area contributed by atoms with Gasteiger partial charge in [-0.25, -0.2) is 4.98 Å². The first-order chi connectivity index (χ1) is 18.3. The summed E-state index contributed by atoms with van der Waals surface area (Å²) in [6.45, 7) is 2.06. The first-order valence-corrected chi connectivity index (χ1v) is 15.0. The van der Waals surface area contributed by atoms with E-state index in [0.717, 1.165) is 35.0 Å². The van der Waals surface area contributed by atoms with Crippen LogP contribution in [0, 0.1) is 6.92 Å². The summed E-state index contributed by atoms with van der Waals surface area (Å²) in [5.74, 6) is 0.639. The minimum atomic E-state index is -3.30. The van der Waals surface area contributed by atoms with E-state index >= 15 is 0 Å². The molecule has 0 amide bonds. The highest BCUT2D eigenvalue weighted by atomic mass is 35.5. The molecule has 1 saturated heterocycles. The number of hydrogen-bond donors (Lipinski definition) is 4. The van der Waals surface area contributed by atoms with Crippen LogP contribution < -0.4 is 10.4 Å². The van der Waals surface area contributed by atoms with Gasteiger partial charge in [-0.3, -0.25) is 4.57 Å². The third kappa shape index (κ3) is 4.93. The van der Waals surface area contributed by atoms with Gasteiger partial charge in [0.2, 0.25) is 5.28 Å². The van der Waals surface area contributed by atoms with Gasteiger partial charge in [0.05, 0.1) is 18.6 Å². The second kappa shape index (κ2) is 10.4. The van der Waals surface area contributed by atoms with E-state index in [9.17, 15) is 14.8 Å².